The highest BCUT2D eigenvalue weighted by atomic mass is 32.2. The molecule has 2 heterocycles. The molecule has 1 fully saturated rings. The van der Waals surface area contributed by atoms with Crippen molar-refractivity contribution < 1.29 is 9.00 Å². The number of para-hydroxylation sites is 1. The molecule has 3 rings (SSSR count). The smallest absolute Gasteiger partial charge is 0.317 e. The number of hydrogen-bond acceptors (Lipinski definition) is 3. The van der Waals surface area contributed by atoms with Crippen LogP contribution in [0.5, 0.6) is 0 Å². The average Bonchev–Trinajstić information content (AvgIpc) is 3.01. The Morgan fingerprint density at radius 3 is 2.88 bits per heavy atom. The summed E-state index contributed by atoms with van der Waals surface area (Å²) in [5.74, 6) is 0.577. The van der Waals surface area contributed by atoms with E-state index in [1.807, 2.05) is 18.7 Å². The number of amides is 2. The lowest BCUT2D eigenvalue weighted by atomic mass is 10.2. The zero-order chi connectivity index (χ0) is 17.3. The van der Waals surface area contributed by atoms with Crippen LogP contribution in [-0.2, 0) is 17.2 Å². The van der Waals surface area contributed by atoms with E-state index in [0.717, 1.165) is 13.0 Å². The number of carbonyl (C=O) groups excluding carboxylic acids is 1. The van der Waals surface area contributed by atoms with Gasteiger partial charge in [-0.2, -0.15) is 0 Å². The largest absolute Gasteiger partial charge is 0.366 e. The van der Waals surface area contributed by atoms with Crippen molar-refractivity contribution in [3.63, 3.8) is 0 Å². The van der Waals surface area contributed by atoms with Gasteiger partial charge in [0.15, 0.2) is 0 Å². The van der Waals surface area contributed by atoms with Crippen LogP contribution < -0.4 is 10.2 Å². The Morgan fingerprint density at radius 1 is 1.33 bits per heavy atom. The number of carbonyl (C=O) groups is 1. The molecule has 1 saturated heterocycles. The lowest BCUT2D eigenvalue weighted by Gasteiger charge is -2.37. The molecule has 6 heteroatoms. The molecule has 0 bridgehead atoms. The second kappa shape index (κ2) is 7.13. The third-order valence-electron chi connectivity index (χ3n) is 5.38. The van der Waals surface area contributed by atoms with Gasteiger partial charge in [-0.15, -0.1) is 0 Å². The van der Waals surface area contributed by atoms with Crippen LogP contribution in [0.4, 0.5) is 10.5 Å². The van der Waals surface area contributed by atoms with Gasteiger partial charge in [-0.3, -0.25) is 4.21 Å². The van der Waals surface area contributed by atoms with Crippen molar-refractivity contribution in [1.29, 1.82) is 0 Å². The number of fused-ring (bicyclic) bond motifs is 1. The maximum atomic E-state index is 12.5. The molecule has 2 aliphatic rings. The Bertz CT molecular complexity index is 636. The first-order chi connectivity index (χ1) is 11.5. The summed E-state index contributed by atoms with van der Waals surface area (Å²) in [6, 6.07) is 8.72. The van der Waals surface area contributed by atoms with Crippen molar-refractivity contribution in [1.82, 2.24) is 10.2 Å². The van der Waals surface area contributed by atoms with Gasteiger partial charge in [-0.1, -0.05) is 18.2 Å². The lowest BCUT2D eigenvalue weighted by Crippen LogP contribution is -2.56. The summed E-state index contributed by atoms with van der Waals surface area (Å²) in [5, 5.41) is 3.11. The van der Waals surface area contributed by atoms with E-state index in [-0.39, 0.29) is 23.4 Å². The highest BCUT2D eigenvalue weighted by Crippen LogP contribution is 2.28. The molecule has 2 amide bonds. The molecule has 0 radical (unpaired) electrons. The molecule has 0 spiro atoms. The molecule has 1 N–H and O–H groups in total. The van der Waals surface area contributed by atoms with Gasteiger partial charge in [-0.25, -0.2) is 4.79 Å². The molecule has 132 valence electrons. The molecule has 1 aromatic carbocycles. The lowest BCUT2D eigenvalue weighted by molar-refractivity contribution is 0.179. The van der Waals surface area contributed by atoms with Crippen LogP contribution >= 0.6 is 0 Å². The number of hydrogen-bond donors (Lipinski definition) is 1. The SMILES string of the molecule is C[C@@H]1[C@H](C)[S@@](=O)CCN1C(=O)NC[C@@H](C)N1CCc2ccccc21. The minimum Gasteiger partial charge on any atom is -0.366 e. The molecule has 0 unspecified atom stereocenters. The summed E-state index contributed by atoms with van der Waals surface area (Å²) < 4.78 is 11.9. The Kier molecular flexibility index (Phi) is 5.13. The second-order valence-electron chi connectivity index (χ2n) is 6.83. The molecular weight excluding hydrogens is 322 g/mol. The summed E-state index contributed by atoms with van der Waals surface area (Å²) in [6.45, 7) is 8.30. The van der Waals surface area contributed by atoms with Crippen LogP contribution in [0.1, 0.15) is 26.3 Å². The number of urea groups is 1. The fraction of sp³-hybridized carbons (Fsp3) is 0.611. The second-order valence-corrected chi connectivity index (χ2v) is 8.74. The summed E-state index contributed by atoms with van der Waals surface area (Å²) in [4.78, 5) is 16.7. The average molecular weight is 350 g/mol. The molecular formula is C18H27N3O2S. The number of nitrogens with zero attached hydrogens (tertiary/aromatic N) is 2. The molecule has 2 aliphatic heterocycles. The zero-order valence-corrected chi connectivity index (χ0v) is 15.5. The van der Waals surface area contributed by atoms with E-state index in [1.54, 1.807) is 0 Å². The molecule has 0 aliphatic carbocycles. The van der Waals surface area contributed by atoms with E-state index in [4.69, 9.17) is 0 Å². The minimum atomic E-state index is -0.822. The van der Waals surface area contributed by atoms with Gasteiger partial charge < -0.3 is 15.1 Å². The zero-order valence-electron chi connectivity index (χ0n) is 14.7. The molecule has 24 heavy (non-hydrogen) atoms. The first-order valence-electron chi connectivity index (χ1n) is 8.75. The number of nitrogens with one attached hydrogen (secondary N) is 1. The highest BCUT2D eigenvalue weighted by Gasteiger charge is 2.33. The first-order valence-corrected chi connectivity index (χ1v) is 10.1. The first kappa shape index (κ1) is 17.3. The van der Waals surface area contributed by atoms with E-state index in [1.165, 1.54) is 11.3 Å². The maximum absolute atomic E-state index is 12.5. The summed E-state index contributed by atoms with van der Waals surface area (Å²) >= 11 is 0. The number of anilines is 1. The molecule has 4 atom stereocenters. The van der Waals surface area contributed by atoms with Crippen LogP contribution in [0.15, 0.2) is 24.3 Å². The van der Waals surface area contributed by atoms with Crippen molar-refractivity contribution in [3.05, 3.63) is 29.8 Å². The fourth-order valence-electron chi connectivity index (χ4n) is 3.61. The van der Waals surface area contributed by atoms with E-state index < -0.39 is 10.8 Å². The Balaban J connectivity index is 1.56. The number of rotatable bonds is 3. The fourth-order valence-corrected chi connectivity index (χ4v) is 4.94. The van der Waals surface area contributed by atoms with Gasteiger partial charge in [0.2, 0.25) is 0 Å². The normalized spacial score (nSPS) is 27.7. The monoisotopic (exact) mass is 349 g/mol. The van der Waals surface area contributed by atoms with Gasteiger partial charge in [0, 0.05) is 54.0 Å². The van der Waals surface area contributed by atoms with Gasteiger partial charge in [0.1, 0.15) is 0 Å². The Labute approximate surface area is 146 Å². The quantitative estimate of drug-likeness (QED) is 0.908. The van der Waals surface area contributed by atoms with E-state index in [9.17, 15) is 9.00 Å². The third-order valence-corrected chi connectivity index (χ3v) is 7.19. The van der Waals surface area contributed by atoms with Crippen molar-refractivity contribution in [2.45, 2.75) is 44.5 Å². The summed E-state index contributed by atoms with van der Waals surface area (Å²) in [5.41, 5.74) is 2.67. The predicted octanol–water partition coefficient (Wildman–Crippen LogP) is 1.99. The Hall–Kier alpha value is -1.56. The predicted molar refractivity (Wildman–Crippen MR) is 99.0 cm³/mol. The summed E-state index contributed by atoms with van der Waals surface area (Å²) in [6.07, 6.45) is 1.07. The standard InChI is InChI=1S/C18H27N3O2S/c1-13(20-9-8-16-6-4-5-7-17(16)20)12-19-18(22)21-10-11-24(23)15(3)14(21)2/h4-7,13-15H,8-12H2,1-3H3,(H,19,22)/t13-,14-,15+,24+/m1/s1. The number of benzene rings is 1. The van der Waals surface area contributed by atoms with Crippen LogP contribution in [0.3, 0.4) is 0 Å². The van der Waals surface area contributed by atoms with Crippen molar-refractivity contribution >= 4 is 22.5 Å². The van der Waals surface area contributed by atoms with E-state index >= 15 is 0 Å². The maximum Gasteiger partial charge on any atom is 0.317 e. The van der Waals surface area contributed by atoms with Gasteiger partial charge in [0.05, 0.1) is 5.25 Å². The topological polar surface area (TPSA) is 52.7 Å². The molecule has 1 aromatic rings. The van der Waals surface area contributed by atoms with Crippen LogP contribution in [0, 0.1) is 0 Å². The van der Waals surface area contributed by atoms with E-state index in [0.29, 0.717) is 18.8 Å². The van der Waals surface area contributed by atoms with E-state index in [2.05, 4.69) is 41.4 Å². The van der Waals surface area contributed by atoms with Crippen molar-refractivity contribution in [2.75, 3.05) is 30.3 Å². The summed E-state index contributed by atoms with van der Waals surface area (Å²) in [7, 11) is -0.822. The molecule has 0 aromatic heterocycles. The van der Waals surface area contributed by atoms with Crippen LogP contribution in [0.25, 0.3) is 0 Å². The molecule has 0 saturated carbocycles. The van der Waals surface area contributed by atoms with Crippen LogP contribution in [-0.4, -0.2) is 57.9 Å². The van der Waals surface area contributed by atoms with Gasteiger partial charge in [-0.05, 0) is 38.8 Å². The van der Waals surface area contributed by atoms with Gasteiger partial charge in [0.25, 0.3) is 0 Å². The third kappa shape index (κ3) is 3.29. The highest BCUT2D eigenvalue weighted by molar-refractivity contribution is 7.85. The minimum absolute atomic E-state index is 0.0161. The van der Waals surface area contributed by atoms with Gasteiger partial charge >= 0.3 is 6.03 Å². The van der Waals surface area contributed by atoms with Crippen molar-refractivity contribution in [3.8, 4) is 0 Å². The molecule has 5 nitrogen and oxygen atoms in total. The van der Waals surface area contributed by atoms with Crippen molar-refractivity contribution in [2.24, 2.45) is 0 Å². The van der Waals surface area contributed by atoms with Crippen LogP contribution in [0.2, 0.25) is 0 Å². The Morgan fingerprint density at radius 2 is 2.08 bits per heavy atom.